The van der Waals surface area contributed by atoms with E-state index in [9.17, 15) is 4.79 Å². The maximum absolute atomic E-state index is 11.9. The molecular formula is C12H14BrNOS. The summed E-state index contributed by atoms with van der Waals surface area (Å²) in [6.45, 7) is 2.81. The number of amides is 1. The molecule has 2 rings (SSSR count). The minimum Gasteiger partial charge on any atom is -0.311 e. The highest BCUT2D eigenvalue weighted by Gasteiger charge is 2.31. The highest BCUT2D eigenvalue weighted by atomic mass is 79.9. The molecule has 1 unspecified atom stereocenters. The van der Waals surface area contributed by atoms with Gasteiger partial charge in [-0.15, -0.1) is 0 Å². The van der Waals surface area contributed by atoms with Crippen LogP contribution in [0.3, 0.4) is 0 Å². The Bertz CT molecular complexity index is 401. The van der Waals surface area contributed by atoms with Gasteiger partial charge in [0.05, 0.1) is 5.69 Å². The molecule has 0 saturated carbocycles. The van der Waals surface area contributed by atoms with Gasteiger partial charge in [0.15, 0.2) is 0 Å². The lowest BCUT2D eigenvalue weighted by Crippen LogP contribution is -2.25. The first-order valence-corrected chi connectivity index (χ1v) is 6.72. The number of nitrogens with zero attached hydrogens (tertiary/aromatic N) is 1. The standard InChI is InChI=1S/C12H14BrNOS/c1-8-3-2-4-10(13)12(8)14-6-9(7-16)5-11(14)15/h2-4,9,16H,5-7H2,1H3. The van der Waals surface area contributed by atoms with E-state index in [4.69, 9.17) is 0 Å². The number of thiol groups is 1. The van der Waals surface area contributed by atoms with Gasteiger partial charge in [-0.05, 0) is 46.2 Å². The molecule has 1 aromatic carbocycles. The molecule has 0 bridgehead atoms. The number of aryl methyl sites for hydroxylation is 1. The summed E-state index contributed by atoms with van der Waals surface area (Å²) >= 11 is 7.78. The van der Waals surface area contributed by atoms with Crippen LogP contribution in [0, 0.1) is 12.8 Å². The van der Waals surface area contributed by atoms with Crippen molar-refractivity contribution in [1.82, 2.24) is 0 Å². The van der Waals surface area contributed by atoms with Gasteiger partial charge in [0.25, 0.3) is 0 Å². The van der Waals surface area contributed by atoms with Crippen molar-refractivity contribution in [2.24, 2.45) is 5.92 Å². The molecule has 86 valence electrons. The summed E-state index contributed by atoms with van der Waals surface area (Å²) in [5.74, 6) is 1.35. The van der Waals surface area contributed by atoms with Crippen molar-refractivity contribution in [2.45, 2.75) is 13.3 Å². The average Bonchev–Trinajstić information content (AvgIpc) is 2.60. The van der Waals surface area contributed by atoms with E-state index < -0.39 is 0 Å². The second-order valence-corrected chi connectivity index (χ2v) is 5.38. The predicted molar refractivity (Wildman–Crippen MR) is 73.2 cm³/mol. The summed E-state index contributed by atoms with van der Waals surface area (Å²) in [6.07, 6.45) is 0.615. The molecule has 0 aliphatic carbocycles. The average molecular weight is 300 g/mol. The third-order valence-electron chi connectivity index (χ3n) is 2.92. The van der Waals surface area contributed by atoms with Crippen molar-refractivity contribution < 1.29 is 4.79 Å². The fourth-order valence-electron chi connectivity index (χ4n) is 2.08. The van der Waals surface area contributed by atoms with Gasteiger partial charge in [0.1, 0.15) is 0 Å². The molecule has 0 radical (unpaired) electrons. The summed E-state index contributed by atoms with van der Waals surface area (Å²) in [5.41, 5.74) is 2.14. The smallest absolute Gasteiger partial charge is 0.227 e. The molecule has 2 nitrogen and oxygen atoms in total. The van der Waals surface area contributed by atoms with E-state index in [0.29, 0.717) is 12.3 Å². The van der Waals surface area contributed by atoms with Gasteiger partial charge in [-0.3, -0.25) is 4.79 Å². The number of carbonyl (C=O) groups is 1. The normalized spacial score (nSPS) is 20.6. The number of hydrogen-bond donors (Lipinski definition) is 1. The fourth-order valence-corrected chi connectivity index (χ4v) is 3.01. The zero-order valence-electron chi connectivity index (χ0n) is 9.11. The Hall–Kier alpha value is -0.480. The van der Waals surface area contributed by atoms with Gasteiger partial charge >= 0.3 is 0 Å². The van der Waals surface area contributed by atoms with Crippen molar-refractivity contribution in [3.05, 3.63) is 28.2 Å². The van der Waals surface area contributed by atoms with Crippen molar-refractivity contribution in [2.75, 3.05) is 17.2 Å². The number of rotatable bonds is 2. The Labute approximate surface area is 110 Å². The Morgan fingerprint density at radius 2 is 2.31 bits per heavy atom. The molecule has 0 N–H and O–H groups in total. The molecular weight excluding hydrogens is 286 g/mol. The van der Waals surface area contributed by atoms with E-state index in [0.717, 1.165) is 28.0 Å². The zero-order chi connectivity index (χ0) is 11.7. The van der Waals surface area contributed by atoms with Crippen molar-refractivity contribution >= 4 is 40.2 Å². The van der Waals surface area contributed by atoms with E-state index in [1.165, 1.54) is 0 Å². The van der Waals surface area contributed by atoms with Crippen LogP contribution in [-0.4, -0.2) is 18.2 Å². The van der Waals surface area contributed by atoms with Gasteiger partial charge in [0, 0.05) is 17.4 Å². The number of hydrogen-bond acceptors (Lipinski definition) is 2. The molecule has 0 spiro atoms. The zero-order valence-corrected chi connectivity index (χ0v) is 11.6. The lowest BCUT2D eigenvalue weighted by atomic mass is 10.1. The van der Waals surface area contributed by atoms with E-state index >= 15 is 0 Å². The van der Waals surface area contributed by atoms with Gasteiger partial charge in [-0.1, -0.05) is 12.1 Å². The highest BCUT2D eigenvalue weighted by Crippen LogP contribution is 2.34. The molecule has 1 saturated heterocycles. The molecule has 1 aliphatic heterocycles. The number of carbonyl (C=O) groups excluding carboxylic acids is 1. The van der Waals surface area contributed by atoms with E-state index in [1.807, 2.05) is 30.0 Å². The van der Waals surface area contributed by atoms with Crippen LogP contribution in [0.1, 0.15) is 12.0 Å². The quantitative estimate of drug-likeness (QED) is 0.832. The largest absolute Gasteiger partial charge is 0.311 e. The Balaban J connectivity index is 2.35. The van der Waals surface area contributed by atoms with Crippen molar-refractivity contribution in [1.29, 1.82) is 0 Å². The summed E-state index contributed by atoms with van der Waals surface area (Å²) in [7, 11) is 0. The van der Waals surface area contributed by atoms with Crippen LogP contribution >= 0.6 is 28.6 Å². The Kier molecular flexibility index (Phi) is 3.60. The van der Waals surface area contributed by atoms with E-state index in [-0.39, 0.29) is 5.91 Å². The molecule has 1 amide bonds. The second-order valence-electron chi connectivity index (χ2n) is 4.16. The molecule has 1 aliphatic rings. The third kappa shape index (κ3) is 2.13. The van der Waals surface area contributed by atoms with Crippen LogP contribution in [0.5, 0.6) is 0 Å². The molecule has 16 heavy (non-hydrogen) atoms. The summed E-state index contributed by atoms with van der Waals surface area (Å²) in [5, 5.41) is 0. The minimum absolute atomic E-state index is 0.203. The highest BCUT2D eigenvalue weighted by molar-refractivity contribution is 9.10. The molecule has 1 atom stereocenters. The van der Waals surface area contributed by atoms with Gasteiger partial charge in [-0.25, -0.2) is 0 Å². The van der Waals surface area contributed by atoms with Crippen LogP contribution in [-0.2, 0) is 4.79 Å². The first-order valence-electron chi connectivity index (χ1n) is 5.30. The van der Waals surface area contributed by atoms with Gasteiger partial charge in [0.2, 0.25) is 5.91 Å². The third-order valence-corrected chi connectivity index (χ3v) is 4.08. The summed E-state index contributed by atoms with van der Waals surface area (Å²) in [6, 6.07) is 5.99. The maximum atomic E-state index is 11.9. The van der Waals surface area contributed by atoms with Gasteiger partial charge in [-0.2, -0.15) is 12.6 Å². The first kappa shape index (κ1) is 12.0. The summed E-state index contributed by atoms with van der Waals surface area (Å²) in [4.78, 5) is 13.8. The minimum atomic E-state index is 0.203. The SMILES string of the molecule is Cc1cccc(Br)c1N1CC(CS)CC1=O. The second kappa shape index (κ2) is 4.80. The maximum Gasteiger partial charge on any atom is 0.227 e. The first-order chi connectivity index (χ1) is 7.63. The van der Waals surface area contributed by atoms with E-state index in [2.05, 4.69) is 28.6 Å². The monoisotopic (exact) mass is 299 g/mol. The van der Waals surface area contributed by atoms with Gasteiger partial charge < -0.3 is 4.90 Å². The number of para-hydroxylation sites is 1. The number of anilines is 1. The fraction of sp³-hybridized carbons (Fsp3) is 0.417. The molecule has 0 aromatic heterocycles. The molecule has 4 heteroatoms. The van der Waals surface area contributed by atoms with Crippen LogP contribution in [0.25, 0.3) is 0 Å². The summed E-state index contributed by atoms with van der Waals surface area (Å²) < 4.78 is 0.987. The topological polar surface area (TPSA) is 20.3 Å². The number of halogens is 1. The van der Waals surface area contributed by atoms with Crippen LogP contribution in [0.15, 0.2) is 22.7 Å². The van der Waals surface area contributed by atoms with Crippen LogP contribution < -0.4 is 4.90 Å². The lowest BCUT2D eigenvalue weighted by molar-refractivity contribution is -0.117. The number of benzene rings is 1. The van der Waals surface area contributed by atoms with Crippen molar-refractivity contribution in [3.63, 3.8) is 0 Å². The molecule has 1 fully saturated rings. The Morgan fingerprint density at radius 3 is 2.88 bits per heavy atom. The lowest BCUT2D eigenvalue weighted by Gasteiger charge is -2.20. The Morgan fingerprint density at radius 1 is 1.56 bits per heavy atom. The van der Waals surface area contributed by atoms with Crippen LogP contribution in [0.2, 0.25) is 0 Å². The molecule has 1 aromatic rings. The van der Waals surface area contributed by atoms with E-state index in [1.54, 1.807) is 0 Å². The van der Waals surface area contributed by atoms with Crippen LogP contribution in [0.4, 0.5) is 5.69 Å². The predicted octanol–water partition coefficient (Wildman–Crippen LogP) is 3.04. The molecule has 1 heterocycles. The van der Waals surface area contributed by atoms with Crippen molar-refractivity contribution in [3.8, 4) is 0 Å².